The zero-order valence-corrected chi connectivity index (χ0v) is 19.1. The number of rotatable bonds is 8. The van der Waals surface area contributed by atoms with Gasteiger partial charge in [-0.05, 0) is 29.8 Å². The number of thiol groups is 1. The average molecular weight is 483 g/mol. The van der Waals surface area contributed by atoms with Crippen LogP contribution in [0.15, 0.2) is 54.7 Å². The molecule has 1 N–H and O–H groups in total. The van der Waals surface area contributed by atoms with Gasteiger partial charge in [0.1, 0.15) is 12.4 Å². The predicted molar refractivity (Wildman–Crippen MR) is 127 cm³/mol. The van der Waals surface area contributed by atoms with Crippen molar-refractivity contribution in [2.75, 3.05) is 43.1 Å². The third kappa shape index (κ3) is 5.85. The molecule has 1 aliphatic rings. The molecule has 0 atom stereocenters. The molecule has 34 heavy (non-hydrogen) atoms. The van der Waals surface area contributed by atoms with E-state index in [4.69, 9.17) is 10.00 Å². The first-order valence-corrected chi connectivity index (χ1v) is 11.7. The second-order valence-electron chi connectivity index (χ2n) is 7.57. The number of nitrogens with one attached hydrogen (secondary N) is 1. The van der Waals surface area contributed by atoms with Gasteiger partial charge in [-0.3, -0.25) is 0 Å². The van der Waals surface area contributed by atoms with E-state index < -0.39 is 10.9 Å². The lowest BCUT2D eigenvalue weighted by Gasteiger charge is -2.29. The smallest absolute Gasteiger partial charge is 0.227 e. The van der Waals surface area contributed by atoms with Crippen LogP contribution in [-0.2, 0) is 22.2 Å². The third-order valence-corrected chi connectivity index (χ3v) is 6.05. The second kappa shape index (κ2) is 11.0. The summed E-state index contributed by atoms with van der Waals surface area (Å²) in [6.45, 7) is 2.39. The summed E-state index contributed by atoms with van der Waals surface area (Å²) in [5, 5.41) is 11.8. The molecule has 1 aromatic heterocycles. The van der Waals surface area contributed by atoms with E-state index in [1.165, 1.54) is 6.07 Å². The molecular weight excluding hydrogens is 459 g/mol. The van der Waals surface area contributed by atoms with Gasteiger partial charge in [0.2, 0.25) is 16.8 Å². The molecule has 176 valence electrons. The van der Waals surface area contributed by atoms with E-state index in [0.29, 0.717) is 49.3 Å². The first kappa shape index (κ1) is 23.6. The first-order chi connectivity index (χ1) is 16.5. The number of benzene rings is 2. The SMILES string of the molecule is N#CCN(Cc1ccc(-c2ccnc(Nc3ccc(N4CCOCC4)c(F)c3)n2)cc1)[SH](=O)=O. The van der Waals surface area contributed by atoms with Gasteiger partial charge in [0.25, 0.3) is 0 Å². The molecule has 2 aromatic carbocycles. The molecule has 0 bridgehead atoms. The van der Waals surface area contributed by atoms with Crippen molar-refractivity contribution in [3.63, 3.8) is 0 Å². The lowest BCUT2D eigenvalue weighted by molar-refractivity contribution is 0.122. The van der Waals surface area contributed by atoms with Gasteiger partial charge < -0.3 is 15.0 Å². The Labute approximate surface area is 198 Å². The van der Waals surface area contributed by atoms with Crippen LogP contribution in [0.4, 0.5) is 21.7 Å². The summed E-state index contributed by atoms with van der Waals surface area (Å²) in [7, 11) is -2.84. The molecule has 0 unspecified atom stereocenters. The molecule has 0 amide bonds. The Kier molecular flexibility index (Phi) is 7.64. The van der Waals surface area contributed by atoms with Crippen molar-refractivity contribution in [2.24, 2.45) is 0 Å². The maximum Gasteiger partial charge on any atom is 0.227 e. The highest BCUT2D eigenvalue weighted by Gasteiger charge is 2.15. The van der Waals surface area contributed by atoms with Crippen molar-refractivity contribution in [1.29, 1.82) is 5.26 Å². The topological polar surface area (TPSA) is 111 Å². The van der Waals surface area contributed by atoms with Crippen LogP contribution in [0.3, 0.4) is 0 Å². The highest BCUT2D eigenvalue weighted by molar-refractivity contribution is 7.69. The monoisotopic (exact) mass is 482 g/mol. The molecule has 1 saturated heterocycles. The van der Waals surface area contributed by atoms with Gasteiger partial charge in [-0.1, -0.05) is 24.3 Å². The number of hydrogen-bond donors (Lipinski definition) is 2. The van der Waals surface area contributed by atoms with Crippen molar-refractivity contribution in [2.45, 2.75) is 6.54 Å². The van der Waals surface area contributed by atoms with Gasteiger partial charge in [-0.25, -0.2) is 22.8 Å². The lowest BCUT2D eigenvalue weighted by Crippen LogP contribution is -2.36. The van der Waals surface area contributed by atoms with Crippen molar-refractivity contribution >= 4 is 28.2 Å². The van der Waals surface area contributed by atoms with Crippen LogP contribution in [0.2, 0.25) is 0 Å². The van der Waals surface area contributed by atoms with E-state index >= 15 is 0 Å². The van der Waals surface area contributed by atoms with Crippen LogP contribution in [0, 0.1) is 17.1 Å². The van der Waals surface area contributed by atoms with E-state index in [0.717, 1.165) is 15.4 Å². The van der Waals surface area contributed by atoms with Crippen molar-refractivity contribution in [3.05, 3.63) is 66.1 Å². The average Bonchev–Trinajstić information content (AvgIpc) is 2.85. The van der Waals surface area contributed by atoms with Gasteiger partial charge in [0.15, 0.2) is 0 Å². The van der Waals surface area contributed by atoms with Gasteiger partial charge in [-0.2, -0.15) is 9.57 Å². The summed E-state index contributed by atoms with van der Waals surface area (Å²) in [5.74, 6) is -0.00689. The largest absolute Gasteiger partial charge is 0.378 e. The highest BCUT2D eigenvalue weighted by atomic mass is 32.2. The summed E-state index contributed by atoms with van der Waals surface area (Å²) >= 11 is 0. The number of aromatic nitrogens is 2. The minimum absolute atomic E-state index is 0.120. The van der Waals surface area contributed by atoms with Crippen molar-refractivity contribution < 1.29 is 17.5 Å². The molecule has 11 heteroatoms. The molecule has 4 rings (SSSR count). The van der Waals surface area contributed by atoms with E-state index in [9.17, 15) is 12.8 Å². The van der Waals surface area contributed by atoms with Gasteiger partial charge in [0.05, 0.1) is 30.7 Å². The number of morpholine rings is 1. The fraction of sp³-hybridized carbons (Fsp3) is 0.261. The molecule has 0 saturated carbocycles. The molecular formula is C23H23FN6O3S. The molecule has 0 aliphatic carbocycles. The molecule has 3 aromatic rings. The van der Waals surface area contributed by atoms with Crippen LogP contribution >= 0.6 is 0 Å². The summed E-state index contributed by atoms with van der Waals surface area (Å²) in [5.41, 5.74) is 3.28. The normalized spacial score (nSPS) is 13.8. The number of ether oxygens (including phenoxy) is 1. The van der Waals surface area contributed by atoms with Crippen molar-refractivity contribution in [3.8, 4) is 17.3 Å². The third-order valence-electron chi connectivity index (χ3n) is 5.31. The number of nitriles is 1. The zero-order chi connectivity index (χ0) is 23.9. The maximum absolute atomic E-state index is 14.7. The number of hydrogen-bond acceptors (Lipinski definition) is 8. The Morgan fingerprint density at radius 1 is 1.15 bits per heavy atom. The van der Waals surface area contributed by atoms with Crippen LogP contribution in [-0.4, -0.2) is 55.5 Å². The van der Waals surface area contributed by atoms with E-state index in [2.05, 4.69) is 15.3 Å². The van der Waals surface area contributed by atoms with Crippen LogP contribution in [0.5, 0.6) is 0 Å². The Hall–Kier alpha value is -3.59. The number of halogens is 1. The molecule has 1 aliphatic heterocycles. The van der Waals surface area contributed by atoms with Crippen LogP contribution in [0.25, 0.3) is 11.3 Å². The Morgan fingerprint density at radius 3 is 2.59 bits per heavy atom. The van der Waals surface area contributed by atoms with E-state index in [1.54, 1.807) is 36.5 Å². The lowest BCUT2D eigenvalue weighted by atomic mass is 10.1. The van der Waals surface area contributed by atoms with Gasteiger partial charge in [-0.15, -0.1) is 0 Å². The molecule has 1 fully saturated rings. The molecule has 9 nitrogen and oxygen atoms in total. The minimum Gasteiger partial charge on any atom is -0.378 e. The quantitative estimate of drug-likeness (QED) is 0.372. The summed E-state index contributed by atoms with van der Waals surface area (Å²) in [4.78, 5) is 10.7. The van der Waals surface area contributed by atoms with Crippen LogP contribution in [0.1, 0.15) is 5.56 Å². The summed E-state index contributed by atoms with van der Waals surface area (Å²) < 4.78 is 43.6. The highest BCUT2D eigenvalue weighted by Crippen LogP contribution is 2.26. The first-order valence-electron chi connectivity index (χ1n) is 10.6. The molecule has 0 spiro atoms. The zero-order valence-electron chi connectivity index (χ0n) is 18.2. The Balaban J connectivity index is 1.46. The van der Waals surface area contributed by atoms with E-state index in [1.807, 2.05) is 23.1 Å². The maximum atomic E-state index is 14.7. The van der Waals surface area contributed by atoms with E-state index in [-0.39, 0.29) is 18.9 Å². The summed E-state index contributed by atoms with van der Waals surface area (Å²) in [6, 6.07) is 15.7. The predicted octanol–water partition coefficient (Wildman–Crippen LogP) is 2.71. The van der Waals surface area contributed by atoms with Gasteiger partial charge >= 0.3 is 0 Å². The molecule has 0 radical (unpaired) electrons. The number of anilines is 3. The number of nitrogens with zero attached hydrogens (tertiary/aromatic N) is 5. The fourth-order valence-corrected chi connectivity index (χ4v) is 4.06. The Morgan fingerprint density at radius 2 is 1.91 bits per heavy atom. The Bertz CT molecular complexity index is 1250. The van der Waals surface area contributed by atoms with Gasteiger partial charge in [0, 0.05) is 37.1 Å². The standard InChI is InChI=1S/C23H23FN6O3S/c24-20-15-19(5-6-22(20)29-11-13-33-14-12-29)27-23-26-9-7-21(28-23)18-3-1-17(2-4-18)16-30(10-8-25)34(31)32/h1-7,9,15,34H,10-14,16H2,(H,26,27,28). The second-order valence-corrected chi connectivity index (χ2v) is 8.61. The van der Waals surface area contributed by atoms with Crippen LogP contribution < -0.4 is 10.2 Å². The minimum atomic E-state index is -2.84. The van der Waals surface area contributed by atoms with Crippen molar-refractivity contribution in [1.82, 2.24) is 14.3 Å². The molecule has 2 heterocycles. The fourth-order valence-electron chi connectivity index (χ4n) is 3.60. The summed E-state index contributed by atoms with van der Waals surface area (Å²) in [6.07, 6.45) is 1.60.